The first kappa shape index (κ1) is 11.1. The minimum atomic E-state index is -0.193. The highest BCUT2D eigenvalue weighted by molar-refractivity contribution is 5.65. The van der Waals surface area contributed by atoms with Crippen LogP contribution in [0.1, 0.15) is 20.3 Å². The monoisotopic (exact) mass is 130 g/mol. The van der Waals surface area contributed by atoms with E-state index in [0.717, 1.165) is 6.42 Å². The molecular formula is C7H14O2. The Labute approximate surface area is 56.5 Å². The summed E-state index contributed by atoms with van der Waals surface area (Å²) in [5.74, 6) is -0.193. The van der Waals surface area contributed by atoms with E-state index in [1.165, 1.54) is 6.92 Å². The Morgan fingerprint density at radius 2 is 2.00 bits per heavy atom. The fourth-order valence-electron chi connectivity index (χ4n) is 0.246. The summed E-state index contributed by atoms with van der Waals surface area (Å²) in [6, 6.07) is 0. The second kappa shape index (κ2) is 10.2. The maximum absolute atomic E-state index is 9.98. The first-order valence-corrected chi connectivity index (χ1v) is 2.90. The van der Waals surface area contributed by atoms with Crippen LogP contribution < -0.4 is 0 Å². The maximum Gasteiger partial charge on any atom is 0.302 e. The lowest BCUT2D eigenvalue weighted by atomic mass is 10.5. The van der Waals surface area contributed by atoms with Gasteiger partial charge in [-0.2, -0.15) is 0 Å². The van der Waals surface area contributed by atoms with Crippen LogP contribution in [0.4, 0.5) is 0 Å². The summed E-state index contributed by atoms with van der Waals surface area (Å²) in [6.45, 7) is 9.92. The van der Waals surface area contributed by atoms with Gasteiger partial charge >= 0.3 is 5.97 Å². The second-order valence-electron chi connectivity index (χ2n) is 1.34. The van der Waals surface area contributed by atoms with Gasteiger partial charge < -0.3 is 4.74 Å². The molecule has 0 atom stereocenters. The molecule has 0 aliphatic heterocycles. The van der Waals surface area contributed by atoms with Crippen LogP contribution in [0.5, 0.6) is 0 Å². The molecule has 0 saturated carbocycles. The lowest BCUT2D eigenvalue weighted by molar-refractivity contribution is -0.140. The lowest BCUT2D eigenvalue weighted by Gasteiger charge is -1.93. The molecule has 2 heteroatoms. The van der Waals surface area contributed by atoms with Gasteiger partial charge in [-0.25, -0.2) is 0 Å². The van der Waals surface area contributed by atoms with E-state index < -0.39 is 0 Å². The zero-order chi connectivity index (χ0) is 7.70. The first-order valence-electron chi connectivity index (χ1n) is 2.90. The standard InChI is InChI=1S/C5H10O2.C2H4/c1-3-4-7-5(2)6;1-2/h3-4H2,1-2H3;1-2H2. The summed E-state index contributed by atoms with van der Waals surface area (Å²) >= 11 is 0. The van der Waals surface area contributed by atoms with Gasteiger partial charge in [0.05, 0.1) is 6.61 Å². The number of rotatable bonds is 2. The number of ether oxygens (including phenoxy) is 1. The number of hydrogen-bond acceptors (Lipinski definition) is 2. The normalized spacial score (nSPS) is 6.89. The van der Waals surface area contributed by atoms with Crippen molar-refractivity contribution < 1.29 is 9.53 Å². The number of carbonyl (C=O) groups excluding carboxylic acids is 1. The van der Waals surface area contributed by atoms with Gasteiger partial charge in [0.25, 0.3) is 0 Å². The molecule has 2 nitrogen and oxygen atoms in total. The molecule has 0 aromatic rings. The maximum atomic E-state index is 9.98. The van der Waals surface area contributed by atoms with Crippen LogP contribution in [0.15, 0.2) is 13.2 Å². The predicted molar refractivity (Wildman–Crippen MR) is 38.2 cm³/mol. The van der Waals surface area contributed by atoms with Crippen LogP contribution in [0.2, 0.25) is 0 Å². The van der Waals surface area contributed by atoms with Crippen LogP contribution in [-0.4, -0.2) is 12.6 Å². The molecule has 0 aliphatic rings. The van der Waals surface area contributed by atoms with Gasteiger partial charge in [0.2, 0.25) is 0 Å². The average Bonchev–Trinajstić information content (AvgIpc) is 1.88. The summed E-state index contributed by atoms with van der Waals surface area (Å²) in [4.78, 5) is 9.98. The van der Waals surface area contributed by atoms with E-state index in [2.05, 4.69) is 17.9 Å². The highest BCUT2D eigenvalue weighted by Crippen LogP contribution is 1.78. The average molecular weight is 130 g/mol. The van der Waals surface area contributed by atoms with Crippen molar-refractivity contribution in [1.82, 2.24) is 0 Å². The van der Waals surface area contributed by atoms with Gasteiger partial charge in [-0.3, -0.25) is 4.79 Å². The Hall–Kier alpha value is -0.790. The fraction of sp³-hybridized carbons (Fsp3) is 0.571. The molecule has 0 aliphatic carbocycles. The third kappa shape index (κ3) is 19.0. The van der Waals surface area contributed by atoms with Gasteiger partial charge in [-0.1, -0.05) is 6.92 Å². The van der Waals surface area contributed by atoms with Crippen molar-refractivity contribution in [3.8, 4) is 0 Å². The van der Waals surface area contributed by atoms with E-state index in [1.54, 1.807) is 0 Å². The first-order chi connectivity index (χ1) is 4.27. The molecule has 0 N–H and O–H groups in total. The second-order valence-corrected chi connectivity index (χ2v) is 1.34. The van der Waals surface area contributed by atoms with E-state index in [4.69, 9.17) is 0 Å². The minimum absolute atomic E-state index is 0.193. The number of carbonyl (C=O) groups is 1. The summed E-state index contributed by atoms with van der Waals surface area (Å²) in [5.41, 5.74) is 0. The van der Waals surface area contributed by atoms with Gasteiger partial charge in [-0.15, -0.1) is 13.2 Å². The van der Waals surface area contributed by atoms with E-state index in [1.807, 2.05) is 6.92 Å². The highest BCUT2D eigenvalue weighted by atomic mass is 16.5. The molecule has 0 unspecified atom stereocenters. The minimum Gasteiger partial charge on any atom is -0.466 e. The molecule has 0 amide bonds. The van der Waals surface area contributed by atoms with E-state index in [0.29, 0.717) is 6.61 Å². The van der Waals surface area contributed by atoms with E-state index in [-0.39, 0.29) is 5.97 Å². The Bertz CT molecular complexity index is 69.3. The largest absolute Gasteiger partial charge is 0.466 e. The SMILES string of the molecule is C=C.CCCOC(C)=O. The topological polar surface area (TPSA) is 26.3 Å². The van der Waals surface area contributed by atoms with Crippen LogP contribution in [0.25, 0.3) is 0 Å². The molecule has 0 heterocycles. The van der Waals surface area contributed by atoms with Crippen molar-refractivity contribution in [2.45, 2.75) is 20.3 Å². The summed E-state index contributed by atoms with van der Waals surface area (Å²) in [6.07, 6.45) is 0.902. The van der Waals surface area contributed by atoms with E-state index >= 15 is 0 Å². The summed E-state index contributed by atoms with van der Waals surface area (Å²) in [5, 5.41) is 0. The quantitative estimate of drug-likeness (QED) is 0.420. The smallest absolute Gasteiger partial charge is 0.302 e. The highest BCUT2D eigenvalue weighted by Gasteiger charge is 1.85. The molecule has 0 spiro atoms. The van der Waals surface area contributed by atoms with Crippen molar-refractivity contribution in [1.29, 1.82) is 0 Å². The molecule has 0 bridgehead atoms. The Morgan fingerprint density at radius 3 is 2.11 bits per heavy atom. The fourth-order valence-corrected chi connectivity index (χ4v) is 0.246. The van der Waals surface area contributed by atoms with Gasteiger partial charge in [0.15, 0.2) is 0 Å². The van der Waals surface area contributed by atoms with Crippen LogP contribution in [0, 0.1) is 0 Å². The molecule has 0 saturated heterocycles. The molecule has 0 aromatic heterocycles. The van der Waals surface area contributed by atoms with Crippen LogP contribution in [-0.2, 0) is 9.53 Å². The van der Waals surface area contributed by atoms with Crippen molar-refractivity contribution in [2.24, 2.45) is 0 Å². The third-order valence-corrected chi connectivity index (χ3v) is 0.509. The molecule has 0 fully saturated rings. The molecule has 0 aromatic carbocycles. The molecule has 54 valence electrons. The van der Waals surface area contributed by atoms with Crippen molar-refractivity contribution in [3.63, 3.8) is 0 Å². The zero-order valence-electron chi connectivity index (χ0n) is 6.14. The van der Waals surface area contributed by atoms with E-state index in [9.17, 15) is 4.79 Å². The lowest BCUT2D eigenvalue weighted by Crippen LogP contribution is -1.98. The van der Waals surface area contributed by atoms with Gasteiger partial charge in [0, 0.05) is 6.92 Å². The number of hydrogen-bond donors (Lipinski definition) is 0. The van der Waals surface area contributed by atoms with Crippen molar-refractivity contribution in [3.05, 3.63) is 13.2 Å². The molecule has 0 radical (unpaired) electrons. The molecule has 0 rings (SSSR count). The summed E-state index contributed by atoms with van der Waals surface area (Å²) in [7, 11) is 0. The van der Waals surface area contributed by atoms with Gasteiger partial charge in [0.1, 0.15) is 0 Å². The third-order valence-electron chi connectivity index (χ3n) is 0.509. The van der Waals surface area contributed by atoms with Crippen LogP contribution in [0.3, 0.4) is 0 Å². The molecular weight excluding hydrogens is 116 g/mol. The van der Waals surface area contributed by atoms with Crippen molar-refractivity contribution in [2.75, 3.05) is 6.61 Å². The van der Waals surface area contributed by atoms with Crippen molar-refractivity contribution >= 4 is 5.97 Å². The number of esters is 1. The Balaban J connectivity index is 0. The Morgan fingerprint density at radius 1 is 1.56 bits per heavy atom. The zero-order valence-corrected chi connectivity index (χ0v) is 6.14. The predicted octanol–water partition coefficient (Wildman–Crippen LogP) is 1.76. The summed E-state index contributed by atoms with van der Waals surface area (Å²) < 4.78 is 4.55. The molecule has 9 heavy (non-hydrogen) atoms. The Kier molecular flexibility index (Phi) is 12.6. The van der Waals surface area contributed by atoms with Crippen LogP contribution >= 0.6 is 0 Å². The van der Waals surface area contributed by atoms with Gasteiger partial charge in [-0.05, 0) is 6.42 Å².